The molecule has 0 amide bonds. The zero-order chi connectivity index (χ0) is 10.6. The molecule has 78 valence electrons. The SMILES string of the molecule is Cc1cc(Cl)ccc1CNC(C)CO. The first-order valence-electron chi connectivity index (χ1n) is 4.72. The summed E-state index contributed by atoms with van der Waals surface area (Å²) in [6, 6.07) is 5.97. The maximum absolute atomic E-state index is 8.84. The van der Waals surface area contributed by atoms with E-state index < -0.39 is 0 Å². The van der Waals surface area contributed by atoms with Gasteiger partial charge in [0.2, 0.25) is 0 Å². The minimum absolute atomic E-state index is 0.130. The molecular formula is C11H16ClNO. The van der Waals surface area contributed by atoms with Crippen LogP contribution in [0.4, 0.5) is 0 Å². The molecule has 0 saturated heterocycles. The molecule has 0 bridgehead atoms. The molecule has 1 aromatic rings. The van der Waals surface area contributed by atoms with Crippen molar-refractivity contribution in [2.24, 2.45) is 0 Å². The average Bonchev–Trinajstić information content (AvgIpc) is 2.16. The standard InChI is InChI=1S/C11H16ClNO/c1-8-5-11(12)4-3-10(8)6-13-9(2)7-14/h3-5,9,13-14H,6-7H2,1-2H3. The summed E-state index contributed by atoms with van der Waals surface area (Å²) >= 11 is 5.85. The fourth-order valence-corrected chi connectivity index (χ4v) is 1.43. The number of benzene rings is 1. The van der Waals surface area contributed by atoms with E-state index in [1.54, 1.807) is 0 Å². The highest BCUT2D eigenvalue weighted by molar-refractivity contribution is 6.30. The second kappa shape index (κ2) is 5.35. The van der Waals surface area contributed by atoms with E-state index in [4.69, 9.17) is 16.7 Å². The molecule has 0 aliphatic carbocycles. The third-order valence-corrected chi connectivity index (χ3v) is 2.45. The van der Waals surface area contributed by atoms with Gasteiger partial charge in [-0.15, -0.1) is 0 Å². The quantitative estimate of drug-likeness (QED) is 0.803. The Kier molecular flexibility index (Phi) is 4.39. The van der Waals surface area contributed by atoms with Gasteiger partial charge in [-0.25, -0.2) is 0 Å². The molecule has 0 saturated carbocycles. The molecular weight excluding hydrogens is 198 g/mol. The Bertz CT molecular complexity index is 301. The van der Waals surface area contributed by atoms with Crippen LogP contribution in [0.15, 0.2) is 18.2 Å². The van der Waals surface area contributed by atoms with Crippen molar-refractivity contribution in [3.8, 4) is 0 Å². The molecule has 0 aromatic heterocycles. The molecule has 1 unspecified atom stereocenters. The molecule has 1 atom stereocenters. The first-order chi connectivity index (χ1) is 6.63. The number of halogens is 1. The Hall–Kier alpha value is -0.570. The highest BCUT2D eigenvalue weighted by Crippen LogP contribution is 2.14. The van der Waals surface area contributed by atoms with Gasteiger partial charge in [0, 0.05) is 17.6 Å². The van der Waals surface area contributed by atoms with Gasteiger partial charge < -0.3 is 10.4 Å². The molecule has 2 N–H and O–H groups in total. The lowest BCUT2D eigenvalue weighted by Crippen LogP contribution is -2.28. The van der Waals surface area contributed by atoms with Crippen molar-refractivity contribution < 1.29 is 5.11 Å². The lowest BCUT2D eigenvalue weighted by Gasteiger charge is -2.12. The van der Waals surface area contributed by atoms with E-state index in [-0.39, 0.29) is 12.6 Å². The zero-order valence-corrected chi connectivity index (χ0v) is 9.30. The van der Waals surface area contributed by atoms with Crippen LogP contribution >= 0.6 is 11.6 Å². The van der Waals surface area contributed by atoms with Crippen molar-refractivity contribution in [1.82, 2.24) is 5.32 Å². The van der Waals surface area contributed by atoms with Crippen LogP contribution in [-0.2, 0) is 6.54 Å². The van der Waals surface area contributed by atoms with Crippen LogP contribution in [-0.4, -0.2) is 17.8 Å². The topological polar surface area (TPSA) is 32.3 Å². The third-order valence-electron chi connectivity index (χ3n) is 2.22. The van der Waals surface area contributed by atoms with Crippen LogP contribution in [0.25, 0.3) is 0 Å². The van der Waals surface area contributed by atoms with Crippen molar-refractivity contribution in [1.29, 1.82) is 0 Å². The van der Waals surface area contributed by atoms with Crippen LogP contribution in [0, 0.1) is 6.92 Å². The summed E-state index contributed by atoms with van der Waals surface area (Å²) in [5.74, 6) is 0. The lowest BCUT2D eigenvalue weighted by atomic mass is 10.1. The van der Waals surface area contributed by atoms with Crippen molar-refractivity contribution in [3.05, 3.63) is 34.3 Å². The van der Waals surface area contributed by atoms with Crippen molar-refractivity contribution >= 4 is 11.6 Å². The van der Waals surface area contributed by atoms with Crippen molar-refractivity contribution in [3.63, 3.8) is 0 Å². The van der Waals surface area contributed by atoms with E-state index in [2.05, 4.69) is 5.32 Å². The first kappa shape index (κ1) is 11.5. The van der Waals surface area contributed by atoms with E-state index in [0.29, 0.717) is 0 Å². The Labute approximate surface area is 89.9 Å². The molecule has 0 spiro atoms. The Morgan fingerprint density at radius 3 is 2.79 bits per heavy atom. The van der Waals surface area contributed by atoms with Gasteiger partial charge in [-0.1, -0.05) is 17.7 Å². The van der Waals surface area contributed by atoms with E-state index in [1.165, 1.54) is 11.1 Å². The molecule has 3 heteroatoms. The average molecular weight is 214 g/mol. The maximum atomic E-state index is 8.84. The van der Waals surface area contributed by atoms with E-state index in [0.717, 1.165) is 11.6 Å². The van der Waals surface area contributed by atoms with Crippen LogP contribution in [0.3, 0.4) is 0 Å². The predicted molar refractivity (Wildman–Crippen MR) is 59.6 cm³/mol. The second-order valence-corrected chi connectivity index (χ2v) is 3.97. The molecule has 1 rings (SSSR count). The van der Waals surface area contributed by atoms with Crippen molar-refractivity contribution in [2.75, 3.05) is 6.61 Å². The summed E-state index contributed by atoms with van der Waals surface area (Å²) in [5, 5.41) is 12.8. The van der Waals surface area contributed by atoms with Gasteiger partial charge >= 0.3 is 0 Å². The minimum Gasteiger partial charge on any atom is -0.395 e. The van der Waals surface area contributed by atoms with Crippen molar-refractivity contribution in [2.45, 2.75) is 26.4 Å². The summed E-state index contributed by atoms with van der Waals surface area (Å²) in [6.45, 7) is 4.91. The predicted octanol–water partition coefficient (Wildman–Crippen LogP) is 2.12. The summed E-state index contributed by atoms with van der Waals surface area (Å²) in [5.41, 5.74) is 2.39. The summed E-state index contributed by atoms with van der Waals surface area (Å²) in [7, 11) is 0. The van der Waals surface area contributed by atoms with Crippen LogP contribution in [0.2, 0.25) is 5.02 Å². The fraction of sp³-hybridized carbons (Fsp3) is 0.455. The molecule has 1 aromatic carbocycles. The maximum Gasteiger partial charge on any atom is 0.0582 e. The van der Waals surface area contributed by atoms with E-state index >= 15 is 0 Å². The Balaban J connectivity index is 2.59. The fourth-order valence-electron chi connectivity index (χ4n) is 1.21. The number of nitrogens with one attached hydrogen (secondary N) is 1. The monoisotopic (exact) mass is 213 g/mol. The Morgan fingerprint density at radius 1 is 1.50 bits per heavy atom. The molecule has 0 aliphatic rings. The molecule has 0 heterocycles. The van der Waals surface area contributed by atoms with Gasteiger partial charge in [0.15, 0.2) is 0 Å². The lowest BCUT2D eigenvalue weighted by molar-refractivity contribution is 0.251. The van der Waals surface area contributed by atoms with Gasteiger partial charge in [0.1, 0.15) is 0 Å². The van der Waals surface area contributed by atoms with Crippen LogP contribution < -0.4 is 5.32 Å². The Morgan fingerprint density at radius 2 is 2.21 bits per heavy atom. The molecule has 0 radical (unpaired) electrons. The number of aryl methyl sites for hydroxylation is 1. The molecule has 14 heavy (non-hydrogen) atoms. The van der Waals surface area contributed by atoms with Gasteiger partial charge in [-0.3, -0.25) is 0 Å². The molecule has 0 fully saturated rings. The number of hydrogen-bond donors (Lipinski definition) is 2. The smallest absolute Gasteiger partial charge is 0.0582 e. The van der Waals surface area contributed by atoms with Gasteiger partial charge in [-0.05, 0) is 37.1 Å². The number of rotatable bonds is 4. The van der Waals surface area contributed by atoms with E-state index in [9.17, 15) is 0 Å². The largest absolute Gasteiger partial charge is 0.395 e. The first-order valence-corrected chi connectivity index (χ1v) is 5.10. The summed E-state index contributed by atoms with van der Waals surface area (Å²) < 4.78 is 0. The summed E-state index contributed by atoms with van der Waals surface area (Å²) in [6.07, 6.45) is 0. The number of hydrogen-bond acceptors (Lipinski definition) is 2. The number of aliphatic hydroxyl groups is 1. The van der Waals surface area contributed by atoms with Crippen LogP contribution in [0.1, 0.15) is 18.1 Å². The minimum atomic E-state index is 0.130. The van der Waals surface area contributed by atoms with Gasteiger partial charge in [-0.2, -0.15) is 0 Å². The van der Waals surface area contributed by atoms with E-state index in [1.807, 2.05) is 32.0 Å². The normalized spacial score (nSPS) is 12.9. The molecule has 0 aliphatic heterocycles. The van der Waals surface area contributed by atoms with Gasteiger partial charge in [0.25, 0.3) is 0 Å². The third kappa shape index (κ3) is 3.29. The summed E-state index contributed by atoms with van der Waals surface area (Å²) in [4.78, 5) is 0. The van der Waals surface area contributed by atoms with Gasteiger partial charge in [0.05, 0.1) is 6.61 Å². The number of aliphatic hydroxyl groups excluding tert-OH is 1. The highest BCUT2D eigenvalue weighted by Gasteiger charge is 2.01. The zero-order valence-electron chi connectivity index (χ0n) is 8.55. The highest BCUT2D eigenvalue weighted by atomic mass is 35.5. The van der Waals surface area contributed by atoms with Crippen LogP contribution in [0.5, 0.6) is 0 Å². The molecule has 2 nitrogen and oxygen atoms in total. The second-order valence-electron chi connectivity index (χ2n) is 3.54.